The van der Waals surface area contributed by atoms with E-state index in [0.29, 0.717) is 16.7 Å². The van der Waals surface area contributed by atoms with E-state index in [1.807, 2.05) is 55.6 Å². The Labute approximate surface area is 175 Å². The molecule has 7 heteroatoms. The molecule has 1 heterocycles. The van der Waals surface area contributed by atoms with Gasteiger partial charge in [0, 0.05) is 27.2 Å². The van der Waals surface area contributed by atoms with Gasteiger partial charge in [0.1, 0.15) is 18.2 Å². The average Bonchev–Trinajstić information content (AvgIpc) is 3.02. The van der Waals surface area contributed by atoms with Gasteiger partial charge in [-0.1, -0.05) is 45.2 Å². The molecule has 1 aromatic heterocycles. The molecule has 0 aliphatic rings. The van der Waals surface area contributed by atoms with Crippen molar-refractivity contribution in [3.05, 3.63) is 74.7 Å². The first-order chi connectivity index (χ1) is 12.5. The first kappa shape index (κ1) is 19.6. The van der Waals surface area contributed by atoms with Gasteiger partial charge in [0.2, 0.25) is 0 Å². The molecule has 0 saturated carbocycles. The number of imidazole rings is 1. The van der Waals surface area contributed by atoms with Gasteiger partial charge in [0.25, 0.3) is 0 Å². The number of aromatic nitrogens is 2. The van der Waals surface area contributed by atoms with Gasteiger partial charge in [0.05, 0.1) is 15.7 Å². The highest BCUT2D eigenvalue weighted by atomic mass is 79.9. The molecule has 3 rings (SSSR count). The van der Waals surface area contributed by atoms with E-state index in [1.165, 1.54) is 0 Å². The van der Waals surface area contributed by atoms with E-state index in [2.05, 4.69) is 25.9 Å². The van der Waals surface area contributed by atoms with Crippen LogP contribution in [0.2, 0.25) is 10.0 Å². The van der Waals surface area contributed by atoms with Crippen molar-refractivity contribution in [2.24, 2.45) is 0 Å². The Bertz CT molecular complexity index is 850. The van der Waals surface area contributed by atoms with Crippen LogP contribution in [0.1, 0.15) is 11.5 Å². The fourth-order valence-corrected chi connectivity index (χ4v) is 4.44. The Morgan fingerprint density at radius 2 is 1.85 bits per heavy atom. The predicted octanol–water partition coefficient (Wildman–Crippen LogP) is 6.57. The number of hydrogen-bond donors (Lipinski definition) is 1. The van der Waals surface area contributed by atoms with E-state index in [4.69, 9.17) is 27.9 Å². The Morgan fingerprint density at radius 3 is 2.46 bits per heavy atom. The van der Waals surface area contributed by atoms with Crippen LogP contribution < -0.4 is 4.74 Å². The van der Waals surface area contributed by atoms with Crippen molar-refractivity contribution in [3.63, 3.8) is 0 Å². The summed E-state index contributed by atoms with van der Waals surface area (Å²) in [5.41, 5.74) is 0.989. The molecule has 136 valence electrons. The van der Waals surface area contributed by atoms with E-state index in [0.717, 1.165) is 33.1 Å². The Balaban J connectivity index is 1.75. The van der Waals surface area contributed by atoms with Crippen LogP contribution in [-0.4, -0.2) is 21.8 Å². The lowest BCUT2D eigenvalue weighted by molar-refractivity contribution is 0.316. The van der Waals surface area contributed by atoms with Gasteiger partial charge < -0.3 is 9.72 Å². The predicted molar refractivity (Wildman–Crippen MR) is 113 cm³/mol. The summed E-state index contributed by atoms with van der Waals surface area (Å²) in [6.07, 6.45) is 2.67. The second kappa shape index (κ2) is 9.18. The van der Waals surface area contributed by atoms with Crippen molar-refractivity contribution >= 4 is 50.9 Å². The molecule has 3 nitrogen and oxygen atoms in total. The summed E-state index contributed by atoms with van der Waals surface area (Å²) < 4.78 is 7.01. The standard InChI is InChI=1S/C19H17BrCl2N2OS/c1-12-23-10-14(24-12)9-16(11-25-15-7-5-13(20)6-8-15)26-19-17(21)3-2-4-18(19)22/h2-8,10,16H,9,11H2,1H3,(H,23,24). The van der Waals surface area contributed by atoms with Gasteiger partial charge >= 0.3 is 0 Å². The lowest BCUT2D eigenvalue weighted by atomic mass is 10.2. The molecule has 2 aromatic carbocycles. The molecule has 0 radical (unpaired) electrons. The topological polar surface area (TPSA) is 37.9 Å². The molecular weight excluding hydrogens is 455 g/mol. The van der Waals surface area contributed by atoms with E-state index in [1.54, 1.807) is 11.8 Å². The first-order valence-corrected chi connectivity index (χ1v) is 10.4. The van der Waals surface area contributed by atoms with Gasteiger partial charge in [-0.2, -0.15) is 0 Å². The molecule has 1 unspecified atom stereocenters. The van der Waals surface area contributed by atoms with Crippen LogP contribution >= 0.6 is 50.9 Å². The Hall–Kier alpha value is -1.14. The van der Waals surface area contributed by atoms with Gasteiger partial charge in [-0.05, 0) is 43.3 Å². The van der Waals surface area contributed by atoms with E-state index in [9.17, 15) is 0 Å². The van der Waals surface area contributed by atoms with Crippen LogP contribution in [0.25, 0.3) is 0 Å². The molecule has 3 aromatic rings. The molecule has 0 bridgehead atoms. The molecule has 0 amide bonds. The number of hydrogen-bond acceptors (Lipinski definition) is 3. The van der Waals surface area contributed by atoms with Crippen molar-refractivity contribution in [2.75, 3.05) is 6.61 Å². The van der Waals surface area contributed by atoms with Gasteiger partial charge in [-0.3, -0.25) is 0 Å². The molecule has 1 atom stereocenters. The monoisotopic (exact) mass is 470 g/mol. The van der Waals surface area contributed by atoms with E-state index >= 15 is 0 Å². The Kier molecular flexibility index (Phi) is 6.92. The highest BCUT2D eigenvalue weighted by Crippen LogP contribution is 2.37. The van der Waals surface area contributed by atoms with Crippen molar-refractivity contribution in [1.29, 1.82) is 0 Å². The molecule has 0 aliphatic heterocycles. The molecule has 0 aliphatic carbocycles. The molecule has 1 N–H and O–H groups in total. The summed E-state index contributed by atoms with van der Waals surface area (Å²) >= 11 is 17.7. The van der Waals surface area contributed by atoms with Gasteiger partial charge in [0.15, 0.2) is 0 Å². The van der Waals surface area contributed by atoms with Crippen molar-refractivity contribution in [2.45, 2.75) is 23.5 Å². The summed E-state index contributed by atoms with van der Waals surface area (Å²) in [4.78, 5) is 8.50. The maximum Gasteiger partial charge on any atom is 0.119 e. The number of rotatable bonds is 7. The molecular formula is C19H17BrCl2N2OS. The minimum absolute atomic E-state index is 0.110. The number of halogens is 3. The molecule has 0 saturated heterocycles. The summed E-state index contributed by atoms with van der Waals surface area (Å²) in [5.74, 6) is 1.72. The summed E-state index contributed by atoms with van der Waals surface area (Å²) in [6, 6.07) is 13.3. The van der Waals surface area contributed by atoms with Gasteiger partial charge in [-0.15, -0.1) is 11.8 Å². The van der Waals surface area contributed by atoms with E-state index < -0.39 is 0 Å². The molecule has 26 heavy (non-hydrogen) atoms. The summed E-state index contributed by atoms with van der Waals surface area (Å²) in [7, 11) is 0. The first-order valence-electron chi connectivity index (χ1n) is 8.01. The van der Waals surface area contributed by atoms with Crippen LogP contribution in [0, 0.1) is 6.92 Å². The summed E-state index contributed by atoms with van der Waals surface area (Å²) in [6.45, 7) is 2.45. The fourth-order valence-electron chi connectivity index (χ4n) is 2.42. The number of nitrogens with one attached hydrogen (secondary N) is 1. The summed E-state index contributed by atoms with van der Waals surface area (Å²) in [5, 5.41) is 1.41. The van der Waals surface area contributed by atoms with Crippen molar-refractivity contribution in [3.8, 4) is 5.75 Å². The lowest BCUT2D eigenvalue weighted by Crippen LogP contribution is -2.18. The second-order valence-corrected chi connectivity index (χ2v) is 8.78. The van der Waals surface area contributed by atoms with Crippen molar-refractivity contribution < 1.29 is 4.74 Å². The zero-order chi connectivity index (χ0) is 18.5. The number of nitrogens with zero attached hydrogens (tertiary/aromatic N) is 1. The lowest BCUT2D eigenvalue weighted by Gasteiger charge is -2.18. The number of aromatic amines is 1. The van der Waals surface area contributed by atoms with E-state index in [-0.39, 0.29) is 5.25 Å². The number of thioether (sulfide) groups is 1. The van der Waals surface area contributed by atoms with Crippen molar-refractivity contribution in [1.82, 2.24) is 9.97 Å². The normalized spacial score (nSPS) is 12.2. The average molecular weight is 472 g/mol. The minimum Gasteiger partial charge on any atom is -0.492 e. The maximum absolute atomic E-state index is 6.34. The van der Waals surface area contributed by atoms with Crippen LogP contribution in [0.3, 0.4) is 0 Å². The number of benzene rings is 2. The third-order valence-corrected chi connectivity index (χ3v) is 6.34. The van der Waals surface area contributed by atoms with Crippen LogP contribution in [0.4, 0.5) is 0 Å². The largest absolute Gasteiger partial charge is 0.492 e. The highest BCUT2D eigenvalue weighted by Gasteiger charge is 2.18. The Morgan fingerprint density at radius 1 is 1.15 bits per heavy atom. The molecule has 0 spiro atoms. The second-order valence-electron chi connectivity index (χ2n) is 5.74. The molecule has 0 fully saturated rings. The zero-order valence-electron chi connectivity index (χ0n) is 14.0. The number of ether oxygens (including phenoxy) is 1. The zero-order valence-corrected chi connectivity index (χ0v) is 17.9. The van der Waals surface area contributed by atoms with Crippen LogP contribution in [-0.2, 0) is 6.42 Å². The fraction of sp³-hybridized carbons (Fsp3) is 0.211. The van der Waals surface area contributed by atoms with Crippen LogP contribution in [0.5, 0.6) is 5.75 Å². The van der Waals surface area contributed by atoms with Crippen LogP contribution in [0.15, 0.2) is 58.0 Å². The smallest absolute Gasteiger partial charge is 0.119 e. The third-order valence-electron chi connectivity index (χ3n) is 3.65. The SMILES string of the molecule is Cc1nc(CC(COc2ccc(Br)cc2)Sc2c(Cl)cccc2Cl)c[nH]1. The minimum atomic E-state index is 0.110. The quantitative estimate of drug-likeness (QED) is 0.396. The maximum atomic E-state index is 6.34. The van der Waals surface area contributed by atoms with Gasteiger partial charge in [-0.25, -0.2) is 4.98 Å². The third kappa shape index (κ3) is 5.43. The highest BCUT2D eigenvalue weighted by molar-refractivity contribution is 9.10. The number of aryl methyl sites for hydroxylation is 1. The number of H-pyrrole nitrogens is 1.